The number of amides is 1. The van der Waals surface area contributed by atoms with Crippen molar-refractivity contribution in [3.63, 3.8) is 0 Å². The highest BCUT2D eigenvalue weighted by molar-refractivity contribution is 7.47. The van der Waals surface area contributed by atoms with E-state index in [9.17, 15) is 44.9 Å². The summed E-state index contributed by atoms with van der Waals surface area (Å²) in [5, 5.41) is 70.3. The number of hydrogen-bond donors (Lipinski definition) is 9. The molecule has 1 amide bonds. The highest BCUT2D eigenvalue weighted by Gasteiger charge is 2.46. The maximum Gasteiger partial charge on any atom is 0.472 e. The van der Waals surface area contributed by atoms with Gasteiger partial charge < -0.3 is 55.6 Å². The van der Waals surface area contributed by atoms with Crippen molar-refractivity contribution in [1.82, 2.24) is 10.6 Å². The van der Waals surface area contributed by atoms with Crippen LogP contribution in [0.15, 0.2) is 0 Å². The number of ether oxygens (including phenoxy) is 2. The summed E-state index contributed by atoms with van der Waals surface area (Å²) in [4.78, 5) is 23.2. The first kappa shape index (κ1) is 61.2. The average Bonchev–Trinajstić information content (AvgIpc) is 3.26. The summed E-state index contributed by atoms with van der Waals surface area (Å²) in [6.45, 7) is 5.65. The number of carbonyl (C=O) groups excluding carboxylic acids is 1. The zero-order chi connectivity index (χ0) is 47.4. The van der Waals surface area contributed by atoms with Crippen LogP contribution >= 0.6 is 7.82 Å². The van der Waals surface area contributed by atoms with Crippen molar-refractivity contribution in [3.05, 3.63) is 0 Å². The molecule has 1 aliphatic heterocycles. The third-order valence-electron chi connectivity index (χ3n) is 12.4. The fraction of sp³-hybridized carbons (Fsp3) is 0.979. The van der Waals surface area contributed by atoms with Crippen LogP contribution in [-0.4, -0.2) is 130 Å². The van der Waals surface area contributed by atoms with Gasteiger partial charge in [-0.05, 0) is 25.8 Å². The fourth-order valence-electron chi connectivity index (χ4n) is 8.14. The second-order valence-electron chi connectivity index (χ2n) is 18.8. The fourth-order valence-corrected chi connectivity index (χ4v) is 8.87. The lowest BCUT2D eigenvalue weighted by molar-refractivity contribution is -0.302. The van der Waals surface area contributed by atoms with Crippen LogP contribution in [0.5, 0.6) is 0 Å². The maximum atomic E-state index is 13.2. The molecular formula is C48H97N2O13P. The van der Waals surface area contributed by atoms with Gasteiger partial charge in [0.05, 0.1) is 32.0 Å². The van der Waals surface area contributed by atoms with Crippen molar-refractivity contribution in [3.8, 4) is 0 Å². The molecule has 0 aromatic heterocycles. The molecular weight excluding hydrogens is 844 g/mol. The first-order chi connectivity index (χ1) is 30.7. The number of carbonyl (C=O) groups is 1. The number of unbranched alkanes of at least 4 members (excludes halogenated alkanes) is 24. The smallest absolute Gasteiger partial charge is 0.390 e. The summed E-state index contributed by atoms with van der Waals surface area (Å²) in [5.74, 6) is -0.0188. The minimum atomic E-state index is -4.55. The van der Waals surface area contributed by atoms with Crippen molar-refractivity contribution in [2.24, 2.45) is 5.92 Å². The molecule has 5 unspecified atom stereocenters. The Hall–Kier alpha value is -0.780. The van der Waals surface area contributed by atoms with Crippen molar-refractivity contribution in [1.29, 1.82) is 0 Å². The van der Waals surface area contributed by atoms with Gasteiger partial charge in [-0.1, -0.05) is 194 Å². The highest BCUT2D eigenvalue weighted by Crippen LogP contribution is 2.43. The number of phosphoric ester groups is 1. The highest BCUT2D eigenvalue weighted by atomic mass is 31.2. The first-order valence-electron chi connectivity index (χ1n) is 25.7. The predicted octanol–water partition coefficient (Wildman–Crippen LogP) is 7.72. The number of rotatable bonds is 44. The molecule has 0 aromatic carbocycles. The molecule has 0 saturated carbocycles. The van der Waals surface area contributed by atoms with E-state index in [1.54, 1.807) is 7.05 Å². The molecule has 15 nitrogen and oxygen atoms in total. The molecule has 16 heteroatoms. The monoisotopic (exact) mass is 941 g/mol. The summed E-state index contributed by atoms with van der Waals surface area (Å²) in [7, 11) is -2.92. The number of nitrogens with one attached hydrogen (secondary N) is 2. The summed E-state index contributed by atoms with van der Waals surface area (Å²) >= 11 is 0. The van der Waals surface area contributed by atoms with E-state index in [2.05, 4.69) is 31.4 Å². The Morgan fingerprint density at radius 1 is 0.641 bits per heavy atom. The molecule has 10 atom stereocenters. The summed E-state index contributed by atoms with van der Waals surface area (Å²) < 4.78 is 33.4. The van der Waals surface area contributed by atoms with Crippen LogP contribution in [0.25, 0.3) is 0 Å². The topological polar surface area (TPSA) is 237 Å². The van der Waals surface area contributed by atoms with Crippen LogP contribution < -0.4 is 10.6 Å². The lowest BCUT2D eigenvalue weighted by atomic mass is 9.98. The van der Waals surface area contributed by atoms with Crippen LogP contribution in [-0.2, 0) is 27.9 Å². The van der Waals surface area contributed by atoms with Gasteiger partial charge in [0, 0.05) is 6.54 Å². The van der Waals surface area contributed by atoms with Crippen LogP contribution in [0.2, 0.25) is 0 Å². The van der Waals surface area contributed by atoms with E-state index >= 15 is 0 Å². The molecule has 1 fully saturated rings. The number of likely N-dealkylation sites (N-methyl/N-ethyl adjacent to an activating group) is 1. The third kappa shape index (κ3) is 30.6. The molecule has 1 rings (SSSR count). The van der Waals surface area contributed by atoms with Crippen molar-refractivity contribution < 1.29 is 63.4 Å². The molecule has 382 valence electrons. The van der Waals surface area contributed by atoms with Gasteiger partial charge in [-0.25, -0.2) is 4.57 Å². The number of aliphatic hydroxyl groups excluding tert-OH is 6. The standard InChI is InChI=1S/C48H97N2O13P/c1-5-6-7-8-9-10-11-12-13-14-15-16-17-18-19-24-27-30-33-41(52)47(57)50-39(43(53)40(51)32-29-26-23-21-20-22-25-28-31-38(2)3)36-60-48-46(56)45(55)44(54)42(63-48)37-62-64(58,59)61-35-34-49-4/h38-46,48-49,51-56H,5-37H2,1-4H3,(H,50,57)(H,58,59)/t39?,40?,41?,42-,43?,44-,45+,46-,48-/m1/s1. The van der Waals surface area contributed by atoms with Gasteiger partial charge in [0.2, 0.25) is 5.91 Å². The van der Waals surface area contributed by atoms with Crippen LogP contribution in [0.1, 0.15) is 207 Å². The molecule has 0 aliphatic carbocycles. The van der Waals surface area contributed by atoms with Crippen LogP contribution in [0.4, 0.5) is 0 Å². The third-order valence-corrected chi connectivity index (χ3v) is 13.4. The van der Waals surface area contributed by atoms with E-state index in [-0.39, 0.29) is 26.0 Å². The zero-order valence-corrected chi connectivity index (χ0v) is 41.5. The Balaban J connectivity index is 2.62. The molecule has 64 heavy (non-hydrogen) atoms. The molecule has 0 aromatic rings. The Kier molecular flexibility index (Phi) is 37.4. The number of phosphoric acid groups is 1. The lowest BCUT2D eigenvalue weighted by Gasteiger charge is -2.41. The van der Waals surface area contributed by atoms with Gasteiger partial charge in [0.1, 0.15) is 36.6 Å². The Morgan fingerprint density at radius 2 is 1.09 bits per heavy atom. The van der Waals surface area contributed by atoms with E-state index in [0.29, 0.717) is 12.8 Å². The maximum absolute atomic E-state index is 13.2. The van der Waals surface area contributed by atoms with Gasteiger partial charge >= 0.3 is 7.82 Å². The van der Waals surface area contributed by atoms with Gasteiger partial charge in [-0.2, -0.15) is 0 Å². The second kappa shape index (κ2) is 39.1. The summed E-state index contributed by atoms with van der Waals surface area (Å²) in [6, 6.07) is -1.25. The molecule has 0 spiro atoms. The minimum absolute atomic E-state index is 0.139. The van der Waals surface area contributed by atoms with Gasteiger partial charge in [0.15, 0.2) is 6.29 Å². The normalized spacial score (nSPS) is 22.0. The van der Waals surface area contributed by atoms with E-state index in [1.165, 1.54) is 116 Å². The molecule has 1 aliphatic rings. The summed E-state index contributed by atoms with van der Waals surface area (Å²) in [5.41, 5.74) is 0. The SMILES string of the molecule is CCCCCCCCCCCCCCCCCCCCC(O)C(=O)NC(CO[C@@H]1O[C@H](COP(=O)(O)OCCNC)[C@@H](O)[C@H](O)[C@H]1O)C(O)C(O)CCCCCCCCCCC(C)C. The number of hydrogen-bond acceptors (Lipinski definition) is 13. The van der Waals surface area contributed by atoms with Crippen molar-refractivity contribution >= 4 is 13.7 Å². The van der Waals surface area contributed by atoms with Gasteiger partial charge in [-0.15, -0.1) is 0 Å². The largest absolute Gasteiger partial charge is 0.472 e. The second-order valence-corrected chi connectivity index (χ2v) is 20.3. The van der Waals surface area contributed by atoms with E-state index in [0.717, 1.165) is 50.9 Å². The lowest BCUT2D eigenvalue weighted by Crippen LogP contribution is -2.60. The molecule has 1 saturated heterocycles. The molecule has 0 bridgehead atoms. The molecule has 0 radical (unpaired) electrons. The Labute approximate surface area is 388 Å². The van der Waals surface area contributed by atoms with Gasteiger partial charge in [0.25, 0.3) is 0 Å². The predicted molar refractivity (Wildman–Crippen MR) is 253 cm³/mol. The zero-order valence-electron chi connectivity index (χ0n) is 40.6. The number of aliphatic hydroxyl groups is 6. The van der Waals surface area contributed by atoms with Crippen LogP contribution in [0.3, 0.4) is 0 Å². The molecule has 1 heterocycles. The molecule has 9 N–H and O–H groups in total. The van der Waals surface area contributed by atoms with E-state index in [4.69, 9.17) is 18.5 Å². The minimum Gasteiger partial charge on any atom is -0.390 e. The van der Waals surface area contributed by atoms with Crippen molar-refractivity contribution in [2.45, 2.75) is 262 Å². The van der Waals surface area contributed by atoms with E-state index < -0.39 is 82.0 Å². The Bertz CT molecular complexity index is 1140. The van der Waals surface area contributed by atoms with Crippen molar-refractivity contribution in [2.75, 3.05) is 33.4 Å². The van der Waals surface area contributed by atoms with Crippen LogP contribution in [0, 0.1) is 5.92 Å². The van der Waals surface area contributed by atoms with Gasteiger partial charge in [-0.3, -0.25) is 13.8 Å². The Morgan fingerprint density at radius 3 is 1.56 bits per heavy atom. The quantitative estimate of drug-likeness (QED) is 0.0210. The first-order valence-corrected chi connectivity index (χ1v) is 27.2. The van der Waals surface area contributed by atoms with E-state index in [1.807, 2.05) is 0 Å². The summed E-state index contributed by atoms with van der Waals surface area (Å²) in [6.07, 6.45) is 19.9. The average molecular weight is 941 g/mol.